The van der Waals surface area contributed by atoms with Crippen LogP contribution in [0.3, 0.4) is 0 Å². The van der Waals surface area contributed by atoms with Crippen LogP contribution < -0.4 is 5.32 Å². The second kappa shape index (κ2) is 5.15. The van der Waals surface area contributed by atoms with E-state index in [1.54, 1.807) is 0 Å². The highest BCUT2D eigenvalue weighted by Gasteiger charge is 2.16. The fraction of sp³-hybridized carbons (Fsp3) is 0.357. The predicted octanol–water partition coefficient (Wildman–Crippen LogP) is 2.16. The Morgan fingerprint density at radius 1 is 1.41 bits per heavy atom. The molecule has 0 saturated heterocycles. The van der Waals surface area contributed by atoms with Crippen LogP contribution in [0.2, 0.25) is 0 Å². The molecule has 0 spiro atoms. The molecule has 1 heterocycles. The Hall–Kier alpha value is -1.61. The molecule has 1 aliphatic rings. The lowest BCUT2D eigenvalue weighted by atomic mass is 9.94. The number of rotatable bonds is 2. The van der Waals surface area contributed by atoms with Crippen molar-refractivity contribution in [1.82, 2.24) is 5.32 Å². The van der Waals surface area contributed by atoms with Gasteiger partial charge in [-0.3, -0.25) is 0 Å². The summed E-state index contributed by atoms with van der Waals surface area (Å²) in [6, 6.07) is 5.85. The van der Waals surface area contributed by atoms with Crippen LogP contribution in [0.15, 0.2) is 24.3 Å². The summed E-state index contributed by atoms with van der Waals surface area (Å²) in [5.74, 6) is -0.264. The van der Waals surface area contributed by atoms with Crippen molar-refractivity contribution in [3.63, 3.8) is 0 Å². The van der Waals surface area contributed by atoms with Crippen molar-refractivity contribution in [3.8, 4) is 0 Å². The van der Waals surface area contributed by atoms with E-state index in [0.29, 0.717) is 5.56 Å². The number of hydrogen-bond acceptors (Lipinski definition) is 3. The van der Waals surface area contributed by atoms with E-state index in [9.17, 15) is 4.79 Å². The first-order chi connectivity index (χ1) is 8.22. The van der Waals surface area contributed by atoms with Gasteiger partial charge in [-0.25, -0.2) is 4.79 Å². The fourth-order valence-corrected chi connectivity index (χ4v) is 2.08. The smallest absolute Gasteiger partial charge is 0.338 e. The minimum Gasteiger partial charge on any atom is -0.465 e. The second-order valence-corrected chi connectivity index (χ2v) is 4.22. The van der Waals surface area contributed by atoms with Gasteiger partial charge in [-0.15, -0.1) is 0 Å². The van der Waals surface area contributed by atoms with Crippen molar-refractivity contribution in [2.45, 2.75) is 13.3 Å². The molecule has 0 amide bonds. The quantitative estimate of drug-likeness (QED) is 0.793. The van der Waals surface area contributed by atoms with E-state index in [-0.39, 0.29) is 5.97 Å². The number of nitrogens with one attached hydrogen (secondary N) is 1. The molecule has 0 atom stereocenters. The Morgan fingerprint density at radius 3 is 2.88 bits per heavy atom. The largest absolute Gasteiger partial charge is 0.465 e. The zero-order chi connectivity index (χ0) is 12.3. The molecule has 0 unspecified atom stereocenters. The lowest BCUT2D eigenvalue weighted by Crippen LogP contribution is -2.20. The molecule has 1 N–H and O–H groups in total. The zero-order valence-electron chi connectivity index (χ0n) is 10.2. The van der Waals surface area contributed by atoms with E-state index in [0.717, 1.165) is 30.6 Å². The van der Waals surface area contributed by atoms with Crippen molar-refractivity contribution in [1.29, 1.82) is 0 Å². The van der Waals surface area contributed by atoms with Crippen molar-refractivity contribution in [2.75, 3.05) is 20.2 Å². The first-order valence-electron chi connectivity index (χ1n) is 5.81. The maximum absolute atomic E-state index is 11.7. The molecule has 1 aromatic rings. The van der Waals surface area contributed by atoms with Gasteiger partial charge in [-0.05, 0) is 37.1 Å². The van der Waals surface area contributed by atoms with Crippen LogP contribution in [0.5, 0.6) is 0 Å². The van der Waals surface area contributed by atoms with Crippen molar-refractivity contribution >= 4 is 11.5 Å². The third-order valence-corrected chi connectivity index (χ3v) is 2.99. The monoisotopic (exact) mass is 231 g/mol. The van der Waals surface area contributed by atoms with Gasteiger partial charge in [0.25, 0.3) is 0 Å². The first-order valence-corrected chi connectivity index (χ1v) is 5.81. The van der Waals surface area contributed by atoms with Crippen molar-refractivity contribution < 1.29 is 9.53 Å². The van der Waals surface area contributed by atoms with Crippen LogP contribution in [-0.2, 0) is 4.74 Å². The molecule has 90 valence electrons. The van der Waals surface area contributed by atoms with Crippen LogP contribution in [0.25, 0.3) is 5.57 Å². The third-order valence-electron chi connectivity index (χ3n) is 2.99. The van der Waals surface area contributed by atoms with E-state index in [4.69, 9.17) is 4.74 Å². The van der Waals surface area contributed by atoms with Gasteiger partial charge in [0, 0.05) is 6.54 Å². The summed E-state index contributed by atoms with van der Waals surface area (Å²) >= 11 is 0. The second-order valence-electron chi connectivity index (χ2n) is 4.22. The molecule has 0 aromatic heterocycles. The molecule has 0 radical (unpaired) electrons. The Morgan fingerprint density at radius 2 is 2.24 bits per heavy atom. The van der Waals surface area contributed by atoms with Crippen molar-refractivity contribution in [3.05, 3.63) is 41.0 Å². The number of ether oxygens (including phenoxy) is 1. The summed E-state index contributed by atoms with van der Waals surface area (Å²) < 4.78 is 4.83. The van der Waals surface area contributed by atoms with Crippen LogP contribution >= 0.6 is 0 Å². The number of benzene rings is 1. The van der Waals surface area contributed by atoms with Gasteiger partial charge < -0.3 is 10.1 Å². The highest BCUT2D eigenvalue weighted by molar-refractivity contribution is 5.95. The van der Waals surface area contributed by atoms with Gasteiger partial charge in [-0.2, -0.15) is 0 Å². The number of methoxy groups -OCH3 is 1. The SMILES string of the molecule is COC(=O)c1ccc(C)cc1C1=CCNCC1. The topological polar surface area (TPSA) is 38.3 Å². The van der Waals surface area contributed by atoms with Gasteiger partial charge in [0.1, 0.15) is 0 Å². The molecule has 1 aromatic carbocycles. The standard InChI is InChI=1S/C14H17NO2/c1-10-3-4-12(14(16)17-2)13(9-10)11-5-7-15-8-6-11/h3-5,9,15H,6-8H2,1-2H3. The van der Waals surface area contributed by atoms with Crippen LogP contribution in [0.1, 0.15) is 27.9 Å². The molecule has 0 fully saturated rings. The average Bonchev–Trinajstić information content (AvgIpc) is 2.39. The minimum absolute atomic E-state index is 0.264. The molecular formula is C14H17NO2. The number of carbonyl (C=O) groups excluding carboxylic acids is 1. The summed E-state index contributed by atoms with van der Waals surface area (Å²) in [5, 5.41) is 3.27. The molecule has 2 rings (SSSR count). The maximum Gasteiger partial charge on any atom is 0.338 e. The molecule has 3 heteroatoms. The van der Waals surface area contributed by atoms with Gasteiger partial charge in [0.05, 0.1) is 12.7 Å². The molecule has 3 nitrogen and oxygen atoms in total. The lowest BCUT2D eigenvalue weighted by molar-refractivity contribution is 0.0600. The summed E-state index contributed by atoms with van der Waals surface area (Å²) in [6.07, 6.45) is 3.10. The normalized spacial score (nSPS) is 15.3. The minimum atomic E-state index is -0.264. The maximum atomic E-state index is 11.7. The Bertz CT molecular complexity index is 463. The molecular weight excluding hydrogens is 214 g/mol. The lowest BCUT2D eigenvalue weighted by Gasteiger charge is -2.17. The van der Waals surface area contributed by atoms with E-state index < -0.39 is 0 Å². The summed E-state index contributed by atoms with van der Waals surface area (Å²) in [6.45, 7) is 3.86. The highest BCUT2D eigenvalue weighted by Crippen LogP contribution is 2.25. The van der Waals surface area contributed by atoms with Crippen molar-refractivity contribution in [2.24, 2.45) is 0 Å². The van der Waals surface area contributed by atoms with Gasteiger partial charge >= 0.3 is 5.97 Å². The van der Waals surface area contributed by atoms with E-state index in [2.05, 4.69) is 17.5 Å². The number of carbonyl (C=O) groups is 1. The van der Waals surface area contributed by atoms with Gasteiger partial charge in [0.2, 0.25) is 0 Å². The van der Waals surface area contributed by atoms with Gasteiger partial charge in [0.15, 0.2) is 0 Å². The third kappa shape index (κ3) is 2.56. The summed E-state index contributed by atoms with van der Waals surface area (Å²) in [4.78, 5) is 11.7. The molecule has 0 bridgehead atoms. The highest BCUT2D eigenvalue weighted by atomic mass is 16.5. The molecule has 0 aliphatic carbocycles. The van der Waals surface area contributed by atoms with E-state index in [1.165, 1.54) is 12.7 Å². The van der Waals surface area contributed by atoms with E-state index >= 15 is 0 Å². The average molecular weight is 231 g/mol. The zero-order valence-corrected chi connectivity index (χ0v) is 10.2. The predicted molar refractivity (Wildman–Crippen MR) is 68.0 cm³/mol. The molecule has 17 heavy (non-hydrogen) atoms. The van der Waals surface area contributed by atoms with Crippen LogP contribution in [0, 0.1) is 6.92 Å². The first kappa shape index (κ1) is 11.9. The Kier molecular flexibility index (Phi) is 3.59. The Labute approximate surface area is 101 Å². The van der Waals surface area contributed by atoms with E-state index in [1.807, 2.05) is 19.1 Å². The summed E-state index contributed by atoms with van der Waals surface area (Å²) in [5.41, 5.74) is 4.06. The number of esters is 1. The number of aryl methyl sites for hydroxylation is 1. The van der Waals surface area contributed by atoms with Crippen LogP contribution in [-0.4, -0.2) is 26.2 Å². The fourth-order valence-electron chi connectivity index (χ4n) is 2.08. The molecule has 0 saturated carbocycles. The van der Waals surface area contributed by atoms with Gasteiger partial charge in [-0.1, -0.05) is 23.8 Å². The Balaban J connectivity index is 2.46. The molecule has 1 aliphatic heterocycles. The summed E-state index contributed by atoms with van der Waals surface area (Å²) in [7, 11) is 1.42. The number of hydrogen-bond donors (Lipinski definition) is 1. The van der Waals surface area contributed by atoms with Crippen LogP contribution in [0.4, 0.5) is 0 Å².